The molecule has 0 saturated carbocycles. The summed E-state index contributed by atoms with van der Waals surface area (Å²) in [4.78, 5) is 6.21. The lowest BCUT2D eigenvalue weighted by molar-refractivity contribution is 0.00578. The minimum atomic E-state index is -0.375. The molecule has 1 unspecified atom stereocenters. The number of hydrogen-bond acceptors (Lipinski definition) is 5. The topological polar surface area (TPSA) is 60.1 Å². The number of hydrogen-bond donors (Lipinski definition) is 1. The van der Waals surface area contributed by atoms with Gasteiger partial charge in [-0.2, -0.15) is 0 Å². The first-order valence-electron chi connectivity index (χ1n) is 6.39. The van der Waals surface area contributed by atoms with Crippen molar-refractivity contribution in [1.82, 2.24) is 4.90 Å². The molecule has 1 atom stereocenters. The van der Waals surface area contributed by atoms with Crippen LogP contribution in [-0.4, -0.2) is 42.3 Å². The third-order valence-electron chi connectivity index (χ3n) is 3.92. The molecule has 0 spiro atoms. The molecule has 0 aromatic heterocycles. The van der Waals surface area contributed by atoms with Crippen molar-refractivity contribution < 1.29 is 9.31 Å². The van der Waals surface area contributed by atoms with E-state index in [9.17, 15) is 0 Å². The third-order valence-corrected chi connectivity index (χ3v) is 3.92. The van der Waals surface area contributed by atoms with Gasteiger partial charge in [-0.05, 0) is 34.6 Å². The van der Waals surface area contributed by atoms with Gasteiger partial charge in [0.2, 0.25) is 0 Å². The van der Waals surface area contributed by atoms with Gasteiger partial charge in [0.25, 0.3) is 0 Å². The van der Waals surface area contributed by atoms with Gasteiger partial charge in [0, 0.05) is 24.4 Å². The van der Waals surface area contributed by atoms with Crippen molar-refractivity contribution in [3.05, 3.63) is 11.7 Å². The van der Waals surface area contributed by atoms with Crippen LogP contribution in [0.4, 0.5) is 0 Å². The van der Waals surface area contributed by atoms with Gasteiger partial charge < -0.3 is 14.2 Å². The lowest BCUT2D eigenvalue weighted by atomic mass is 9.79. The van der Waals surface area contributed by atoms with Gasteiger partial charge in [-0.15, -0.1) is 0 Å². The van der Waals surface area contributed by atoms with E-state index in [0.29, 0.717) is 0 Å². The number of nitrogens with two attached hydrogens (primary N) is 1. The van der Waals surface area contributed by atoms with Crippen molar-refractivity contribution in [1.29, 1.82) is 0 Å². The van der Waals surface area contributed by atoms with E-state index in [1.807, 2.05) is 45.7 Å². The Labute approximate surface area is 109 Å². The maximum absolute atomic E-state index is 5.98. The number of aliphatic imine (C=N–C) groups is 1. The van der Waals surface area contributed by atoms with Gasteiger partial charge in [-0.25, -0.2) is 0 Å². The molecular formula is C12H22BN3O2. The molecule has 5 nitrogen and oxygen atoms in total. The highest BCUT2D eigenvalue weighted by molar-refractivity contribution is 6.60. The highest BCUT2D eigenvalue weighted by atomic mass is 16.7. The monoisotopic (exact) mass is 251 g/mol. The summed E-state index contributed by atoms with van der Waals surface area (Å²) in [5, 5.41) is 0. The fourth-order valence-electron chi connectivity index (χ4n) is 1.93. The minimum absolute atomic E-state index is 0.304. The van der Waals surface area contributed by atoms with E-state index in [0.717, 1.165) is 12.0 Å². The molecule has 0 amide bonds. The second kappa shape index (κ2) is 4.37. The van der Waals surface area contributed by atoms with E-state index >= 15 is 0 Å². The Balaban J connectivity index is 2.18. The zero-order valence-electron chi connectivity index (χ0n) is 11.8. The summed E-state index contributed by atoms with van der Waals surface area (Å²) in [5.41, 5.74) is 6.11. The van der Waals surface area contributed by atoms with Gasteiger partial charge in [0.05, 0.1) is 11.2 Å². The van der Waals surface area contributed by atoms with Crippen molar-refractivity contribution in [3.63, 3.8) is 0 Å². The zero-order valence-corrected chi connectivity index (χ0v) is 11.8. The first kappa shape index (κ1) is 13.6. The minimum Gasteiger partial charge on any atom is -0.399 e. The molecular weight excluding hydrogens is 229 g/mol. The zero-order chi connectivity index (χ0) is 13.6. The average Bonchev–Trinajstić information content (AvgIpc) is 2.49. The van der Waals surface area contributed by atoms with Crippen molar-refractivity contribution in [2.75, 3.05) is 6.54 Å². The molecule has 100 valence electrons. The Morgan fingerprint density at radius 3 is 2.39 bits per heavy atom. The van der Waals surface area contributed by atoms with E-state index < -0.39 is 0 Å². The maximum Gasteiger partial charge on any atom is 0.497 e. The second-order valence-electron chi connectivity index (χ2n) is 5.74. The van der Waals surface area contributed by atoms with Crippen LogP contribution >= 0.6 is 0 Å². The van der Waals surface area contributed by atoms with Crippen LogP contribution in [0.1, 0.15) is 34.6 Å². The summed E-state index contributed by atoms with van der Waals surface area (Å²) in [6.45, 7) is 11.0. The van der Waals surface area contributed by atoms with E-state index in [4.69, 9.17) is 15.0 Å². The summed E-state index contributed by atoms with van der Waals surface area (Å²) in [5.74, 6) is 0. The lowest BCUT2D eigenvalue weighted by Gasteiger charge is -2.32. The van der Waals surface area contributed by atoms with Crippen LogP contribution in [0.25, 0.3) is 0 Å². The predicted molar refractivity (Wildman–Crippen MR) is 73.0 cm³/mol. The molecule has 2 N–H and O–H groups in total. The van der Waals surface area contributed by atoms with Gasteiger partial charge in [-0.1, -0.05) is 0 Å². The van der Waals surface area contributed by atoms with Crippen molar-refractivity contribution >= 4 is 13.3 Å². The first-order valence-corrected chi connectivity index (χ1v) is 6.39. The first-order chi connectivity index (χ1) is 8.27. The molecule has 0 aliphatic carbocycles. The highest BCUT2D eigenvalue weighted by Crippen LogP contribution is 2.38. The van der Waals surface area contributed by atoms with Gasteiger partial charge in [0.15, 0.2) is 6.29 Å². The lowest BCUT2D eigenvalue weighted by Crippen LogP contribution is -2.41. The molecule has 0 aromatic rings. The standard InChI is InChI=1S/C12H22BN3O2/c1-6-16-8-9(7-15-10(16)14)13-17-11(2,3)12(4,5)18-13/h7-8,10H,6,14H2,1-5H3. The number of rotatable bonds is 2. The third kappa shape index (κ3) is 2.20. The summed E-state index contributed by atoms with van der Waals surface area (Å²) in [6.07, 6.45) is 3.42. The Hall–Kier alpha value is -0.845. The van der Waals surface area contributed by atoms with Crippen molar-refractivity contribution in [3.8, 4) is 0 Å². The van der Waals surface area contributed by atoms with Crippen LogP contribution in [-0.2, 0) is 9.31 Å². The SMILES string of the molecule is CCN1C=C(B2OC(C)(C)C(C)(C)O2)C=NC1N. The fraction of sp³-hybridized carbons (Fsp3) is 0.750. The molecule has 0 radical (unpaired) electrons. The van der Waals surface area contributed by atoms with Crippen molar-refractivity contribution in [2.45, 2.75) is 52.1 Å². The Morgan fingerprint density at radius 1 is 1.33 bits per heavy atom. The molecule has 6 heteroatoms. The average molecular weight is 251 g/mol. The largest absolute Gasteiger partial charge is 0.497 e. The molecule has 18 heavy (non-hydrogen) atoms. The fourth-order valence-corrected chi connectivity index (χ4v) is 1.93. The van der Waals surface area contributed by atoms with Gasteiger partial charge >= 0.3 is 7.12 Å². The second-order valence-corrected chi connectivity index (χ2v) is 5.74. The van der Waals surface area contributed by atoms with Crippen LogP contribution in [0, 0.1) is 0 Å². The quantitative estimate of drug-likeness (QED) is 0.748. The molecule has 1 saturated heterocycles. The molecule has 2 heterocycles. The smallest absolute Gasteiger partial charge is 0.399 e. The van der Waals surface area contributed by atoms with Crippen LogP contribution in [0.5, 0.6) is 0 Å². The van der Waals surface area contributed by atoms with Gasteiger partial charge in [0.1, 0.15) is 0 Å². The normalized spacial score (nSPS) is 29.7. The molecule has 1 fully saturated rings. The number of allylic oxidation sites excluding steroid dienone is 1. The van der Waals surface area contributed by atoms with Crippen LogP contribution in [0.2, 0.25) is 0 Å². The summed E-state index contributed by atoms with van der Waals surface area (Å²) in [7, 11) is -0.375. The summed E-state index contributed by atoms with van der Waals surface area (Å²) < 4.78 is 12.0. The maximum atomic E-state index is 5.98. The predicted octanol–water partition coefficient (Wildman–Crippen LogP) is 1.15. The highest BCUT2D eigenvalue weighted by Gasteiger charge is 2.52. The summed E-state index contributed by atoms with van der Waals surface area (Å²) >= 11 is 0. The van der Waals surface area contributed by atoms with E-state index in [-0.39, 0.29) is 24.6 Å². The van der Waals surface area contributed by atoms with Crippen LogP contribution in [0.3, 0.4) is 0 Å². The Bertz CT molecular complexity index is 377. The summed E-state index contributed by atoms with van der Waals surface area (Å²) in [6, 6.07) is 0. The van der Waals surface area contributed by atoms with Crippen molar-refractivity contribution in [2.24, 2.45) is 10.7 Å². The number of nitrogens with zero attached hydrogens (tertiary/aromatic N) is 2. The molecule has 2 rings (SSSR count). The van der Waals surface area contributed by atoms with Crippen LogP contribution < -0.4 is 5.73 Å². The molecule has 2 aliphatic heterocycles. The Kier molecular flexibility index (Phi) is 3.29. The van der Waals surface area contributed by atoms with Crippen LogP contribution in [0.15, 0.2) is 16.7 Å². The molecule has 2 aliphatic rings. The van der Waals surface area contributed by atoms with E-state index in [1.165, 1.54) is 0 Å². The van der Waals surface area contributed by atoms with Gasteiger partial charge in [-0.3, -0.25) is 10.7 Å². The molecule has 0 aromatic carbocycles. The molecule has 0 bridgehead atoms. The Morgan fingerprint density at radius 2 is 1.89 bits per heavy atom. The van der Waals surface area contributed by atoms with E-state index in [2.05, 4.69) is 4.99 Å². The van der Waals surface area contributed by atoms with E-state index in [1.54, 1.807) is 6.21 Å².